The van der Waals surface area contributed by atoms with E-state index in [1.165, 1.54) is 6.33 Å². The third-order valence-corrected chi connectivity index (χ3v) is 5.54. The molecular weight excluding hydrogens is 399 g/mol. The van der Waals surface area contributed by atoms with Crippen molar-refractivity contribution in [3.8, 4) is 11.1 Å². The first kappa shape index (κ1) is 19.2. The van der Waals surface area contributed by atoms with Crippen molar-refractivity contribution in [2.45, 2.75) is 32.9 Å². The van der Waals surface area contributed by atoms with Crippen molar-refractivity contribution in [2.24, 2.45) is 5.92 Å². The molecule has 5 rings (SSSR count). The number of amides is 1. The zero-order chi connectivity index (χ0) is 21.7. The normalized spacial score (nSPS) is 17.8. The largest absolute Gasteiger partial charge is 0.310 e. The molecule has 2 atom stereocenters. The average Bonchev–Trinajstić information content (AvgIpc) is 3.30. The minimum Gasteiger partial charge on any atom is -0.310 e. The number of nitrogens with one attached hydrogen (secondary N) is 1. The maximum absolute atomic E-state index is 13.1. The van der Waals surface area contributed by atoms with Crippen LogP contribution >= 0.6 is 0 Å². The minimum absolute atomic E-state index is 0.00941. The van der Waals surface area contributed by atoms with Crippen LogP contribution in [0, 0.1) is 12.8 Å². The number of carbonyl (C=O) groups is 2. The predicted molar refractivity (Wildman–Crippen MR) is 113 cm³/mol. The first-order valence-corrected chi connectivity index (χ1v) is 10.0. The number of pyridine rings is 3. The minimum atomic E-state index is -1.07. The number of anilines is 1. The maximum atomic E-state index is 13.1. The lowest BCUT2D eigenvalue weighted by Crippen LogP contribution is -2.16. The molecule has 4 heterocycles. The molecule has 1 fully saturated rings. The van der Waals surface area contributed by atoms with Gasteiger partial charge in [-0.1, -0.05) is 6.92 Å². The molecule has 31 heavy (non-hydrogen) atoms. The number of aryl methyl sites for hydroxylation is 1. The van der Waals surface area contributed by atoms with Crippen LogP contribution in [0.3, 0.4) is 0 Å². The molecule has 0 unspecified atom stereocenters. The fraction of sp³-hybridized carbons (Fsp3) is 0.273. The SMILES string of the molecule is CCC(=O)c1cc(C)c(-c2cc3cnc(NC(=O)[C@@H]4C[C@@H]4F)cc3n3ncnc23)cn1. The van der Waals surface area contributed by atoms with Crippen LogP contribution in [0.4, 0.5) is 10.2 Å². The third-order valence-electron chi connectivity index (χ3n) is 5.54. The zero-order valence-electron chi connectivity index (χ0n) is 17.0. The second kappa shape index (κ2) is 7.19. The molecule has 1 saturated carbocycles. The van der Waals surface area contributed by atoms with Crippen LogP contribution in [0.5, 0.6) is 0 Å². The molecule has 0 spiro atoms. The summed E-state index contributed by atoms with van der Waals surface area (Å²) >= 11 is 0. The van der Waals surface area contributed by atoms with E-state index in [1.54, 1.807) is 36.0 Å². The molecular formula is C22H19FN6O2. The summed E-state index contributed by atoms with van der Waals surface area (Å²) in [4.78, 5) is 37.1. The van der Waals surface area contributed by atoms with Gasteiger partial charge in [-0.15, -0.1) is 0 Å². The molecule has 4 aromatic heterocycles. The summed E-state index contributed by atoms with van der Waals surface area (Å²) in [5.74, 6) is -0.634. The van der Waals surface area contributed by atoms with Crippen LogP contribution in [-0.2, 0) is 4.79 Å². The highest BCUT2D eigenvalue weighted by Crippen LogP contribution is 2.35. The Kier molecular flexibility index (Phi) is 4.46. The highest BCUT2D eigenvalue weighted by molar-refractivity contribution is 5.98. The van der Waals surface area contributed by atoms with Gasteiger partial charge in [-0.25, -0.2) is 18.9 Å². The van der Waals surface area contributed by atoms with Crippen LogP contribution in [0.2, 0.25) is 0 Å². The second-order valence-electron chi connectivity index (χ2n) is 7.69. The summed E-state index contributed by atoms with van der Waals surface area (Å²) in [6.07, 6.45) is 4.35. The van der Waals surface area contributed by atoms with E-state index in [4.69, 9.17) is 0 Å². The summed E-state index contributed by atoms with van der Waals surface area (Å²) in [6.45, 7) is 3.73. The van der Waals surface area contributed by atoms with Gasteiger partial charge in [0.1, 0.15) is 24.0 Å². The first-order valence-electron chi connectivity index (χ1n) is 10.0. The number of ketones is 1. The van der Waals surface area contributed by atoms with Crippen LogP contribution < -0.4 is 5.32 Å². The van der Waals surface area contributed by atoms with Gasteiger partial charge in [-0.3, -0.25) is 14.6 Å². The van der Waals surface area contributed by atoms with Gasteiger partial charge in [0.25, 0.3) is 0 Å². The monoisotopic (exact) mass is 418 g/mol. The number of carbonyl (C=O) groups excluding carboxylic acids is 2. The molecule has 156 valence electrons. The molecule has 1 N–H and O–H groups in total. The van der Waals surface area contributed by atoms with Gasteiger partial charge in [0.15, 0.2) is 11.4 Å². The Bertz CT molecular complexity index is 1370. The van der Waals surface area contributed by atoms with E-state index >= 15 is 0 Å². The summed E-state index contributed by atoms with van der Waals surface area (Å²) < 4.78 is 14.8. The molecule has 1 aliphatic rings. The number of hydrogen-bond donors (Lipinski definition) is 1. The van der Waals surface area contributed by atoms with Crippen LogP contribution in [0.25, 0.3) is 27.7 Å². The highest BCUT2D eigenvalue weighted by Gasteiger charge is 2.43. The molecule has 1 aliphatic carbocycles. The van der Waals surface area contributed by atoms with E-state index in [1.807, 2.05) is 13.0 Å². The molecule has 0 saturated heterocycles. The van der Waals surface area contributed by atoms with Gasteiger partial charge in [0.05, 0.1) is 11.4 Å². The fourth-order valence-electron chi connectivity index (χ4n) is 3.66. The standard InChI is InChI=1S/C22H19FN6O2/c1-3-19(30)17-4-11(2)15(9-24-17)13-5-12-8-25-20(28-22(31)14-6-16(14)23)7-18(12)29-21(13)26-10-27-29/h4-5,7-10,14,16H,3,6H2,1-2H3,(H,25,28,31)/t14-,16+/m1/s1. The molecule has 0 radical (unpaired) electrons. The summed E-state index contributed by atoms with van der Waals surface area (Å²) in [6, 6.07) is 5.41. The van der Waals surface area contributed by atoms with E-state index < -0.39 is 12.1 Å². The number of fused-ring (bicyclic) bond motifs is 3. The molecule has 0 aromatic carbocycles. The van der Waals surface area contributed by atoms with Crippen molar-refractivity contribution in [1.29, 1.82) is 0 Å². The Balaban J connectivity index is 1.59. The zero-order valence-corrected chi connectivity index (χ0v) is 17.0. The van der Waals surface area contributed by atoms with Gasteiger partial charge in [-0.05, 0) is 31.0 Å². The molecule has 1 amide bonds. The molecule has 4 aromatic rings. The number of hydrogen-bond acceptors (Lipinski definition) is 6. The van der Waals surface area contributed by atoms with E-state index in [0.717, 1.165) is 22.1 Å². The Morgan fingerprint density at radius 2 is 1.97 bits per heavy atom. The predicted octanol–water partition coefficient (Wildman–Crippen LogP) is 3.54. The van der Waals surface area contributed by atoms with Gasteiger partial charge in [0, 0.05) is 41.4 Å². The number of aromatic nitrogens is 5. The Labute approximate surface area is 176 Å². The molecule has 0 aliphatic heterocycles. The maximum Gasteiger partial charge on any atom is 0.231 e. The van der Waals surface area contributed by atoms with Crippen molar-refractivity contribution in [2.75, 3.05) is 5.32 Å². The second-order valence-corrected chi connectivity index (χ2v) is 7.69. The fourth-order valence-corrected chi connectivity index (χ4v) is 3.66. The van der Waals surface area contributed by atoms with E-state index in [2.05, 4.69) is 25.4 Å². The number of alkyl halides is 1. The summed E-state index contributed by atoms with van der Waals surface area (Å²) in [5, 5.41) is 7.79. The van der Waals surface area contributed by atoms with Gasteiger partial charge in [-0.2, -0.15) is 5.10 Å². The molecule has 9 heteroatoms. The summed E-state index contributed by atoms with van der Waals surface area (Å²) in [5.41, 5.74) is 4.31. The van der Waals surface area contributed by atoms with E-state index in [0.29, 0.717) is 29.1 Å². The van der Waals surface area contributed by atoms with E-state index in [9.17, 15) is 14.0 Å². The molecule has 0 bridgehead atoms. The Morgan fingerprint density at radius 3 is 2.68 bits per heavy atom. The Morgan fingerprint density at radius 1 is 1.16 bits per heavy atom. The summed E-state index contributed by atoms with van der Waals surface area (Å²) in [7, 11) is 0. The smallest absolute Gasteiger partial charge is 0.231 e. The lowest BCUT2D eigenvalue weighted by Gasteiger charge is -2.11. The van der Waals surface area contributed by atoms with Crippen molar-refractivity contribution in [1.82, 2.24) is 24.6 Å². The lowest BCUT2D eigenvalue weighted by molar-refractivity contribution is -0.117. The van der Waals surface area contributed by atoms with Crippen molar-refractivity contribution < 1.29 is 14.0 Å². The number of nitrogens with zero attached hydrogens (tertiary/aromatic N) is 5. The van der Waals surface area contributed by atoms with Crippen LogP contribution in [-0.4, -0.2) is 42.4 Å². The molecule has 8 nitrogen and oxygen atoms in total. The highest BCUT2D eigenvalue weighted by atomic mass is 19.1. The quantitative estimate of drug-likeness (QED) is 0.498. The number of rotatable bonds is 5. The topological polar surface area (TPSA) is 102 Å². The van der Waals surface area contributed by atoms with Crippen LogP contribution in [0.1, 0.15) is 35.8 Å². The first-order chi connectivity index (χ1) is 15.0. The average molecular weight is 418 g/mol. The van der Waals surface area contributed by atoms with Crippen molar-refractivity contribution in [3.63, 3.8) is 0 Å². The van der Waals surface area contributed by atoms with Gasteiger partial charge in [0.2, 0.25) is 5.91 Å². The number of Topliss-reactive ketones (excluding diaryl/α,β-unsaturated/α-hetero) is 1. The van der Waals surface area contributed by atoms with Gasteiger partial charge >= 0.3 is 0 Å². The van der Waals surface area contributed by atoms with Crippen molar-refractivity contribution >= 4 is 34.1 Å². The van der Waals surface area contributed by atoms with Crippen molar-refractivity contribution in [3.05, 3.63) is 48.2 Å². The van der Waals surface area contributed by atoms with Gasteiger partial charge < -0.3 is 5.32 Å². The van der Waals surface area contributed by atoms with E-state index in [-0.39, 0.29) is 18.1 Å². The lowest BCUT2D eigenvalue weighted by atomic mass is 10.0. The third kappa shape index (κ3) is 3.31. The van der Waals surface area contributed by atoms with Crippen LogP contribution in [0.15, 0.2) is 36.9 Å². The number of halogens is 1. The Hall–Kier alpha value is -3.75.